The van der Waals surface area contributed by atoms with E-state index in [1.807, 2.05) is 0 Å². The van der Waals surface area contributed by atoms with Gasteiger partial charge in [-0.3, -0.25) is 18.8 Å². The smallest absolute Gasteiger partial charge is 0.422 e. The van der Waals surface area contributed by atoms with Gasteiger partial charge in [0.15, 0.2) is 12.3 Å². The number of benzene rings is 1. The van der Waals surface area contributed by atoms with Crippen LogP contribution in [0, 0.1) is 5.82 Å². The molecule has 8 nitrogen and oxygen atoms in total. The van der Waals surface area contributed by atoms with E-state index in [1.54, 1.807) is 0 Å². The van der Waals surface area contributed by atoms with Crippen LogP contribution in [0.2, 0.25) is 0 Å². The standard InChI is InChI=1S/C21H17F5N4O4/c22-13-3-4-16(17(6-13)34-12-21(24,25)26)30-5-1-2-15(19(30)32)18(31)28-14-7-27-29(8-14)9-20(23)10-33-11-20/h1-8H,9-12H2,(H,28,31). The molecule has 0 saturated carbocycles. The highest BCUT2D eigenvalue weighted by molar-refractivity contribution is 6.03. The first-order chi connectivity index (χ1) is 16.0. The van der Waals surface area contributed by atoms with Crippen LogP contribution < -0.4 is 15.6 Å². The number of nitrogens with one attached hydrogen (secondary N) is 1. The van der Waals surface area contributed by atoms with Crippen molar-refractivity contribution in [1.82, 2.24) is 14.3 Å². The van der Waals surface area contributed by atoms with Crippen molar-refractivity contribution in [1.29, 1.82) is 0 Å². The predicted octanol–water partition coefficient (Wildman–Crippen LogP) is 3.11. The lowest BCUT2D eigenvalue weighted by Gasteiger charge is -2.33. The molecule has 180 valence electrons. The van der Waals surface area contributed by atoms with E-state index in [0.29, 0.717) is 6.07 Å². The summed E-state index contributed by atoms with van der Waals surface area (Å²) in [6, 6.07) is 5.24. The van der Waals surface area contributed by atoms with E-state index in [1.165, 1.54) is 35.4 Å². The zero-order chi connectivity index (χ0) is 24.5. The number of alkyl halides is 4. The van der Waals surface area contributed by atoms with E-state index in [0.717, 1.165) is 16.7 Å². The van der Waals surface area contributed by atoms with Crippen molar-refractivity contribution in [3.05, 3.63) is 70.7 Å². The Morgan fingerprint density at radius 1 is 1.26 bits per heavy atom. The Labute approximate surface area is 188 Å². The number of carbonyl (C=O) groups excluding carboxylic acids is 1. The normalized spacial score (nSPS) is 15.0. The molecule has 0 unspecified atom stereocenters. The summed E-state index contributed by atoms with van der Waals surface area (Å²) in [6.45, 7) is -1.90. The fourth-order valence-corrected chi connectivity index (χ4v) is 3.24. The van der Waals surface area contributed by atoms with Crippen molar-refractivity contribution in [2.24, 2.45) is 0 Å². The summed E-state index contributed by atoms with van der Waals surface area (Å²) in [5.41, 5.74) is -2.77. The Hall–Kier alpha value is -3.74. The Morgan fingerprint density at radius 2 is 2.03 bits per heavy atom. The third-order valence-corrected chi connectivity index (χ3v) is 4.82. The SMILES string of the molecule is O=C(Nc1cnn(CC2(F)COC2)c1)c1cccn(-c2ccc(F)cc2OCC(F)(F)F)c1=O. The van der Waals surface area contributed by atoms with Crippen LogP contribution in [0.25, 0.3) is 5.69 Å². The first-order valence-corrected chi connectivity index (χ1v) is 9.85. The largest absolute Gasteiger partial charge is 0.482 e. The number of nitrogens with zero attached hydrogens (tertiary/aromatic N) is 3. The summed E-state index contributed by atoms with van der Waals surface area (Å²) >= 11 is 0. The number of ether oxygens (including phenoxy) is 2. The number of amides is 1. The Bertz CT molecular complexity index is 1270. The molecule has 2 aromatic heterocycles. The van der Waals surface area contributed by atoms with Gasteiger partial charge in [0.05, 0.1) is 37.3 Å². The Kier molecular flexibility index (Phi) is 6.13. The van der Waals surface area contributed by atoms with Gasteiger partial charge in [-0.2, -0.15) is 18.3 Å². The quantitative estimate of drug-likeness (QED) is 0.521. The van der Waals surface area contributed by atoms with Crippen LogP contribution in [0.5, 0.6) is 5.75 Å². The third kappa shape index (κ3) is 5.25. The molecule has 0 bridgehead atoms. The van der Waals surface area contributed by atoms with Crippen molar-refractivity contribution in [3.8, 4) is 11.4 Å². The van der Waals surface area contributed by atoms with Crippen LogP contribution in [-0.4, -0.2) is 51.9 Å². The molecule has 1 aliphatic heterocycles. The molecule has 34 heavy (non-hydrogen) atoms. The maximum atomic E-state index is 14.2. The minimum atomic E-state index is -4.69. The first kappa shape index (κ1) is 23.4. The second-order valence-electron chi connectivity index (χ2n) is 7.64. The molecular formula is C21H17F5N4O4. The van der Waals surface area contributed by atoms with Crippen molar-refractivity contribution < 1.29 is 36.2 Å². The minimum Gasteiger partial charge on any atom is -0.482 e. The number of hydrogen-bond donors (Lipinski definition) is 1. The lowest BCUT2D eigenvalue weighted by Crippen LogP contribution is -2.48. The van der Waals surface area contributed by atoms with Gasteiger partial charge >= 0.3 is 6.18 Å². The molecule has 4 rings (SSSR count). The Morgan fingerprint density at radius 3 is 2.71 bits per heavy atom. The van der Waals surface area contributed by atoms with Gasteiger partial charge in [-0.25, -0.2) is 8.78 Å². The van der Waals surface area contributed by atoms with E-state index in [2.05, 4.69) is 15.2 Å². The Balaban J connectivity index is 1.56. The van der Waals surface area contributed by atoms with E-state index in [4.69, 9.17) is 4.74 Å². The van der Waals surface area contributed by atoms with Crippen molar-refractivity contribution in [2.45, 2.75) is 18.4 Å². The van der Waals surface area contributed by atoms with Crippen molar-refractivity contribution >= 4 is 11.6 Å². The van der Waals surface area contributed by atoms with Crippen molar-refractivity contribution in [2.75, 3.05) is 25.1 Å². The summed E-state index contributed by atoms with van der Waals surface area (Å²) in [5, 5.41) is 6.42. The topological polar surface area (TPSA) is 87.4 Å². The minimum absolute atomic E-state index is 0.0594. The summed E-state index contributed by atoms with van der Waals surface area (Å²) in [6.07, 6.45) is -0.840. The fraction of sp³-hybridized carbons (Fsp3) is 0.286. The van der Waals surface area contributed by atoms with E-state index in [9.17, 15) is 31.5 Å². The molecule has 1 aromatic carbocycles. The maximum absolute atomic E-state index is 14.2. The van der Waals surface area contributed by atoms with Crippen LogP contribution in [-0.2, 0) is 11.3 Å². The highest BCUT2D eigenvalue weighted by Gasteiger charge is 2.39. The highest BCUT2D eigenvalue weighted by atomic mass is 19.4. The predicted molar refractivity (Wildman–Crippen MR) is 108 cm³/mol. The average molecular weight is 484 g/mol. The number of pyridine rings is 1. The molecule has 1 aliphatic rings. The van der Waals surface area contributed by atoms with Crippen LogP contribution >= 0.6 is 0 Å². The van der Waals surface area contributed by atoms with Crippen molar-refractivity contribution in [3.63, 3.8) is 0 Å². The molecule has 0 spiro atoms. The van der Waals surface area contributed by atoms with E-state index in [-0.39, 0.29) is 36.7 Å². The lowest BCUT2D eigenvalue weighted by atomic mass is 10.1. The van der Waals surface area contributed by atoms with Gasteiger partial charge in [-0.1, -0.05) is 0 Å². The van der Waals surface area contributed by atoms with E-state index < -0.39 is 41.5 Å². The zero-order valence-corrected chi connectivity index (χ0v) is 17.3. The zero-order valence-electron chi connectivity index (χ0n) is 17.3. The number of anilines is 1. The average Bonchev–Trinajstić information content (AvgIpc) is 3.17. The summed E-state index contributed by atoms with van der Waals surface area (Å²) in [7, 11) is 0. The molecule has 3 aromatic rings. The molecule has 13 heteroatoms. The lowest BCUT2D eigenvalue weighted by molar-refractivity contribution is -0.153. The van der Waals surface area contributed by atoms with Gasteiger partial charge < -0.3 is 14.8 Å². The summed E-state index contributed by atoms with van der Waals surface area (Å²) in [4.78, 5) is 25.6. The number of rotatable bonds is 7. The first-order valence-electron chi connectivity index (χ1n) is 9.85. The summed E-state index contributed by atoms with van der Waals surface area (Å²) < 4.78 is 77.1. The molecule has 1 N–H and O–H groups in total. The van der Waals surface area contributed by atoms with Crippen LogP contribution in [0.3, 0.4) is 0 Å². The molecule has 1 amide bonds. The van der Waals surface area contributed by atoms with E-state index >= 15 is 0 Å². The van der Waals surface area contributed by atoms with Gasteiger partial charge in [-0.05, 0) is 24.3 Å². The van der Waals surface area contributed by atoms with Crippen LogP contribution in [0.1, 0.15) is 10.4 Å². The van der Waals surface area contributed by atoms with Gasteiger partial charge in [-0.15, -0.1) is 0 Å². The second-order valence-corrected chi connectivity index (χ2v) is 7.64. The molecule has 0 aliphatic carbocycles. The van der Waals surface area contributed by atoms with Gasteiger partial charge in [0.2, 0.25) is 0 Å². The molecule has 3 heterocycles. The van der Waals surface area contributed by atoms with Crippen LogP contribution in [0.4, 0.5) is 27.6 Å². The third-order valence-electron chi connectivity index (χ3n) is 4.82. The monoisotopic (exact) mass is 484 g/mol. The fourth-order valence-electron chi connectivity index (χ4n) is 3.24. The highest BCUT2D eigenvalue weighted by Crippen LogP contribution is 2.26. The van der Waals surface area contributed by atoms with Gasteiger partial charge in [0.1, 0.15) is 17.1 Å². The van der Waals surface area contributed by atoms with Gasteiger partial charge in [0.25, 0.3) is 11.5 Å². The summed E-state index contributed by atoms with van der Waals surface area (Å²) in [5.74, 6) is -2.23. The van der Waals surface area contributed by atoms with Gasteiger partial charge in [0, 0.05) is 18.5 Å². The number of carbonyl (C=O) groups is 1. The second kappa shape index (κ2) is 8.89. The molecular weight excluding hydrogens is 467 g/mol. The van der Waals surface area contributed by atoms with Crippen LogP contribution in [0.15, 0.2) is 53.7 Å². The molecule has 0 radical (unpaired) electrons. The number of halogens is 5. The maximum Gasteiger partial charge on any atom is 0.422 e. The molecule has 0 atom stereocenters. The number of aromatic nitrogens is 3. The number of hydrogen-bond acceptors (Lipinski definition) is 5. The molecule has 1 fully saturated rings. The molecule has 1 saturated heterocycles.